The van der Waals surface area contributed by atoms with Gasteiger partial charge in [-0.2, -0.15) is 5.10 Å². The minimum atomic E-state index is -3.24. The fraction of sp³-hybridized carbons (Fsp3) is 0.700. The first-order valence-corrected chi connectivity index (χ1v) is 7.44. The molecule has 0 spiro atoms. The third-order valence-corrected chi connectivity index (χ3v) is 5.06. The van der Waals surface area contributed by atoms with Crippen molar-refractivity contribution in [3.05, 3.63) is 0 Å². The molecule has 1 fully saturated rings. The molecule has 2 heterocycles. The summed E-state index contributed by atoms with van der Waals surface area (Å²) in [6.45, 7) is 1.60. The number of nitrogens with zero attached hydrogens (tertiary/aromatic N) is 2. The van der Waals surface area contributed by atoms with Crippen molar-refractivity contribution in [3.63, 3.8) is 0 Å². The summed E-state index contributed by atoms with van der Waals surface area (Å²) in [7, 11) is -3.24. The predicted molar refractivity (Wildman–Crippen MR) is 62.6 cm³/mol. The van der Waals surface area contributed by atoms with Crippen molar-refractivity contribution >= 4 is 27.3 Å². The van der Waals surface area contributed by atoms with E-state index >= 15 is 0 Å². The largest absolute Gasteiger partial charge is 0.461 e. The van der Waals surface area contributed by atoms with Gasteiger partial charge in [-0.3, -0.25) is 9.80 Å². The van der Waals surface area contributed by atoms with E-state index in [1.54, 1.807) is 6.92 Å². The Morgan fingerprint density at radius 3 is 2.83 bits per heavy atom. The van der Waals surface area contributed by atoms with Gasteiger partial charge in [0.15, 0.2) is 9.84 Å². The van der Waals surface area contributed by atoms with E-state index in [1.807, 2.05) is 0 Å². The highest BCUT2D eigenvalue weighted by Gasteiger charge is 2.41. The maximum absolute atomic E-state index is 11.7. The van der Waals surface area contributed by atoms with Crippen molar-refractivity contribution in [2.75, 3.05) is 18.9 Å². The number of hydrazone groups is 1. The molecule has 1 saturated heterocycles. The molecule has 1 unspecified atom stereocenters. The van der Waals surface area contributed by atoms with Crippen LogP contribution in [0.2, 0.25) is 0 Å². The Hall–Kier alpha value is -1.44. The first-order valence-electron chi connectivity index (χ1n) is 5.73. The summed E-state index contributed by atoms with van der Waals surface area (Å²) in [6.07, 6.45) is 0.997. The van der Waals surface area contributed by atoms with Crippen molar-refractivity contribution in [1.29, 1.82) is 0 Å². The molecule has 0 bridgehead atoms. The number of hydrogen-bond acceptors (Lipinski definition) is 7. The van der Waals surface area contributed by atoms with E-state index in [2.05, 4.69) is 5.10 Å². The molecule has 0 saturated carbocycles. The molecular formula is C10H14N2O5S. The SMILES string of the molecule is CCOC(=O)C1=NN(C2CCCS2(=O)=O)CC1=O. The van der Waals surface area contributed by atoms with E-state index in [9.17, 15) is 18.0 Å². The van der Waals surface area contributed by atoms with Crippen LogP contribution in [0.1, 0.15) is 19.8 Å². The van der Waals surface area contributed by atoms with Gasteiger partial charge in [-0.15, -0.1) is 0 Å². The number of rotatable bonds is 3. The highest BCUT2D eigenvalue weighted by Crippen LogP contribution is 2.25. The summed E-state index contributed by atoms with van der Waals surface area (Å²) in [6, 6.07) is 0. The van der Waals surface area contributed by atoms with Gasteiger partial charge >= 0.3 is 5.97 Å². The summed E-state index contributed by atoms with van der Waals surface area (Å²) < 4.78 is 28.1. The highest BCUT2D eigenvalue weighted by atomic mass is 32.2. The van der Waals surface area contributed by atoms with Gasteiger partial charge < -0.3 is 4.74 Å². The van der Waals surface area contributed by atoms with Crippen LogP contribution in [0.3, 0.4) is 0 Å². The molecule has 2 rings (SSSR count). The number of ether oxygens (including phenoxy) is 1. The normalized spacial score (nSPS) is 26.3. The molecule has 0 aromatic heterocycles. The molecule has 18 heavy (non-hydrogen) atoms. The van der Waals surface area contributed by atoms with Crippen LogP contribution in [0.15, 0.2) is 5.10 Å². The first kappa shape index (κ1) is 13.0. The molecule has 0 aromatic rings. The summed E-state index contributed by atoms with van der Waals surface area (Å²) >= 11 is 0. The second kappa shape index (κ2) is 4.68. The van der Waals surface area contributed by atoms with E-state index in [1.165, 1.54) is 5.01 Å². The van der Waals surface area contributed by atoms with Gasteiger partial charge in [-0.05, 0) is 19.8 Å². The molecule has 0 amide bonds. The third kappa shape index (κ3) is 2.24. The van der Waals surface area contributed by atoms with Gasteiger partial charge in [0.1, 0.15) is 11.9 Å². The van der Waals surface area contributed by atoms with Crippen LogP contribution >= 0.6 is 0 Å². The average molecular weight is 274 g/mol. The Morgan fingerprint density at radius 2 is 2.28 bits per heavy atom. The molecule has 2 aliphatic heterocycles. The quantitative estimate of drug-likeness (QED) is 0.633. The zero-order valence-corrected chi connectivity index (χ0v) is 10.8. The lowest BCUT2D eigenvalue weighted by molar-refractivity contribution is -0.135. The average Bonchev–Trinajstić information content (AvgIpc) is 2.81. The Morgan fingerprint density at radius 1 is 1.56 bits per heavy atom. The molecule has 100 valence electrons. The van der Waals surface area contributed by atoms with Crippen LogP contribution in [0.5, 0.6) is 0 Å². The van der Waals surface area contributed by atoms with E-state index < -0.39 is 27.0 Å². The number of esters is 1. The molecule has 7 nitrogen and oxygen atoms in total. The molecular weight excluding hydrogens is 260 g/mol. The van der Waals surface area contributed by atoms with E-state index in [-0.39, 0.29) is 24.6 Å². The van der Waals surface area contributed by atoms with Crippen molar-refractivity contribution in [2.45, 2.75) is 25.1 Å². The van der Waals surface area contributed by atoms with Gasteiger partial charge in [0.25, 0.3) is 0 Å². The minimum absolute atomic E-state index is 0.104. The standard InChI is InChI=1S/C10H14N2O5S/c1-2-17-10(14)9-7(13)6-12(11-9)8-4-3-5-18(8,15)16/h8H,2-6H2,1H3. The fourth-order valence-corrected chi connectivity index (χ4v) is 3.93. The fourth-order valence-electron chi connectivity index (χ4n) is 2.07. The van der Waals surface area contributed by atoms with Crippen molar-refractivity contribution in [1.82, 2.24) is 5.01 Å². The predicted octanol–water partition coefficient (Wildman–Crippen LogP) is -0.675. The van der Waals surface area contributed by atoms with E-state index in [0.717, 1.165) is 0 Å². The molecule has 0 aromatic carbocycles. The van der Waals surface area contributed by atoms with Crippen LogP contribution in [0, 0.1) is 0 Å². The summed E-state index contributed by atoms with van der Waals surface area (Å²) in [5.74, 6) is -1.18. The third-order valence-electron chi connectivity index (χ3n) is 2.89. The summed E-state index contributed by atoms with van der Waals surface area (Å²) in [5.41, 5.74) is -0.307. The Kier molecular flexibility index (Phi) is 3.38. The second-order valence-corrected chi connectivity index (χ2v) is 6.43. The second-order valence-electron chi connectivity index (χ2n) is 4.15. The number of ketones is 1. The number of sulfone groups is 1. The zero-order chi connectivity index (χ0) is 13.3. The number of Topliss-reactive ketones (excluding diaryl/α,β-unsaturated/α-hetero) is 1. The highest BCUT2D eigenvalue weighted by molar-refractivity contribution is 7.92. The minimum Gasteiger partial charge on any atom is -0.461 e. The molecule has 1 atom stereocenters. The lowest BCUT2D eigenvalue weighted by Crippen LogP contribution is -2.34. The Labute approximate surface area is 105 Å². The topological polar surface area (TPSA) is 93.1 Å². The lowest BCUT2D eigenvalue weighted by atomic mass is 10.2. The molecule has 8 heteroatoms. The van der Waals surface area contributed by atoms with Gasteiger partial charge in [0.2, 0.25) is 11.5 Å². The van der Waals surface area contributed by atoms with Crippen LogP contribution in [0.25, 0.3) is 0 Å². The number of carbonyl (C=O) groups excluding carboxylic acids is 2. The van der Waals surface area contributed by atoms with Crippen LogP contribution in [0.4, 0.5) is 0 Å². The Balaban J connectivity index is 2.19. The summed E-state index contributed by atoms with van der Waals surface area (Å²) in [4.78, 5) is 23.0. The van der Waals surface area contributed by atoms with Crippen LogP contribution in [-0.4, -0.2) is 55.2 Å². The van der Waals surface area contributed by atoms with Crippen molar-refractivity contribution in [3.8, 4) is 0 Å². The van der Waals surface area contributed by atoms with Gasteiger partial charge in [0.05, 0.1) is 12.4 Å². The molecule has 0 radical (unpaired) electrons. The first-order chi connectivity index (χ1) is 8.45. The van der Waals surface area contributed by atoms with Crippen LogP contribution in [-0.2, 0) is 24.2 Å². The number of carbonyl (C=O) groups is 2. The smallest absolute Gasteiger partial charge is 0.362 e. The Bertz CT molecular complexity index is 510. The van der Waals surface area contributed by atoms with Crippen molar-refractivity contribution in [2.24, 2.45) is 5.10 Å². The molecule has 0 N–H and O–H groups in total. The monoisotopic (exact) mass is 274 g/mol. The molecule has 2 aliphatic rings. The molecule has 0 aliphatic carbocycles. The zero-order valence-electron chi connectivity index (χ0n) is 9.96. The number of hydrogen-bond donors (Lipinski definition) is 0. The summed E-state index contributed by atoms with van der Waals surface area (Å²) in [5, 5.41) is 4.22. The van der Waals surface area contributed by atoms with Gasteiger partial charge in [-0.1, -0.05) is 0 Å². The maximum atomic E-state index is 11.7. The lowest BCUT2D eigenvalue weighted by Gasteiger charge is -2.19. The van der Waals surface area contributed by atoms with E-state index in [0.29, 0.717) is 12.8 Å². The van der Waals surface area contributed by atoms with Gasteiger partial charge in [0, 0.05) is 0 Å². The van der Waals surface area contributed by atoms with Gasteiger partial charge in [-0.25, -0.2) is 13.2 Å². The van der Waals surface area contributed by atoms with Crippen LogP contribution < -0.4 is 0 Å². The maximum Gasteiger partial charge on any atom is 0.362 e. The van der Waals surface area contributed by atoms with E-state index in [4.69, 9.17) is 4.74 Å². The van der Waals surface area contributed by atoms with Crippen molar-refractivity contribution < 1.29 is 22.7 Å².